The van der Waals surface area contributed by atoms with Crippen molar-refractivity contribution in [3.8, 4) is 5.75 Å². The molecule has 0 saturated carbocycles. The molecule has 7 heteroatoms. The van der Waals surface area contributed by atoms with Gasteiger partial charge in [-0.3, -0.25) is 4.79 Å². The van der Waals surface area contributed by atoms with Gasteiger partial charge >= 0.3 is 12.0 Å². The van der Waals surface area contributed by atoms with E-state index in [2.05, 4.69) is 5.32 Å². The molecular weight excluding hydrogens is 303 g/mol. The van der Waals surface area contributed by atoms with Crippen molar-refractivity contribution >= 4 is 12.0 Å². The zero-order valence-electron chi connectivity index (χ0n) is 12.8. The first-order valence-corrected chi connectivity index (χ1v) is 7.70. The number of aliphatic carboxylic acids is 1. The molecule has 2 N–H and O–H groups in total. The SMILES string of the molecule is O=C(O)C1CCN(C(=O)NCCCOc2ccc(F)cc2)CC1. The molecule has 0 bridgehead atoms. The van der Waals surface area contributed by atoms with Crippen LogP contribution in [0.1, 0.15) is 19.3 Å². The quantitative estimate of drug-likeness (QED) is 0.786. The molecule has 6 nitrogen and oxygen atoms in total. The minimum atomic E-state index is -0.789. The number of piperidine rings is 1. The van der Waals surface area contributed by atoms with Crippen LogP contribution in [0, 0.1) is 11.7 Å². The van der Waals surface area contributed by atoms with Crippen LogP contribution in [0.3, 0.4) is 0 Å². The van der Waals surface area contributed by atoms with E-state index in [1.165, 1.54) is 12.1 Å². The van der Waals surface area contributed by atoms with Gasteiger partial charge in [-0.2, -0.15) is 0 Å². The third kappa shape index (κ3) is 5.43. The Bertz CT molecular complexity index is 527. The molecule has 1 aromatic rings. The van der Waals surface area contributed by atoms with Crippen LogP contribution in [-0.2, 0) is 4.79 Å². The average Bonchev–Trinajstić information content (AvgIpc) is 2.56. The number of likely N-dealkylation sites (tertiary alicyclic amines) is 1. The zero-order chi connectivity index (χ0) is 16.7. The minimum absolute atomic E-state index is 0.171. The number of rotatable bonds is 6. The Labute approximate surface area is 134 Å². The van der Waals surface area contributed by atoms with Crippen LogP contribution < -0.4 is 10.1 Å². The topological polar surface area (TPSA) is 78.9 Å². The first-order chi connectivity index (χ1) is 11.1. The van der Waals surface area contributed by atoms with Gasteiger partial charge in [0.25, 0.3) is 0 Å². The van der Waals surface area contributed by atoms with Crippen LogP contribution in [0.2, 0.25) is 0 Å². The lowest BCUT2D eigenvalue weighted by molar-refractivity contribution is -0.143. The summed E-state index contributed by atoms with van der Waals surface area (Å²) in [5.74, 6) is -0.851. The molecule has 0 aromatic heterocycles. The van der Waals surface area contributed by atoms with E-state index >= 15 is 0 Å². The number of hydrogen-bond donors (Lipinski definition) is 2. The van der Waals surface area contributed by atoms with E-state index in [0.717, 1.165) is 0 Å². The number of carbonyl (C=O) groups excluding carboxylic acids is 1. The monoisotopic (exact) mass is 324 g/mol. The number of halogens is 1. The van der Waals surface area contributed by atoms with E-state index in [0.29, 0.717) is 51.3 Å². The van der Waals surface area contributed by atoms with Crippen molar-refractivity contribution in [3.05, 3.63) is 30.1 Å². The van der Waals surface area contributed by atoms with E-state index in [9.17, 15) is 14.0 Å². The number of nitrogens with zero attached hydrogens (tertiary/aromatic N) is 1. The van der Waals surface area contributed by atoms with E-state index in [4.69, 9.17) is 9.84 Å². The predicted octanol–water partition coefficient (Wildman–Crippen LogP) is 2.10. The van der Waals surface area contributed by atoms with Crippen molar-refractivity contribution in [1.82, 2.24) is 10.2 Å². The Morgan fingerprint density at radius 2 is 1.91 bits per heavy atom. The van der Waals surface area contributed by atoms with Gasteiger partial charge in [-0.25, -0.2) is 9.18 Å². The summed E-state index contributed by atoms with van der Waals surface area (Å²) in [6, 6.07) is 5.60. The molecular formula is C16H21FN2O4. The second-order valence-corrected chi connectivity index (χ2v) is 5.49. The van der Waals surface area contributed by atoms with Crippen LogP contribution in [-0.4, -0.2) is 48.2 Å². The highest BCUT2D eigenvalue weighted by Gasteiger charge is 2.26. The van der Waals surface area contributed by atoms with Gasteiger partial charge in [-0.1, -0.05) is 0 Å². The number of benzene rings is 1. The van der Waals surface area contributed by atoms with E-state index < -0.39 is 5.97 Å². The van der Waals surface area contributed by atoms with Crippen LogP contribution >= 0.6 is 0 Å². The van der Waals surface area contributed by atoms with Crippen LogP contribution in [0.4, 0.5) is 9.18 Å². The standard InChI is InChI=1S/C16H21FN2O4/c17-13-2-4-14(5-3-13)23-11-1-8-18-16(22)19-9-6-12(7-10-19)15(20)21/h2-5,12H,1,6-11H2,(H,18,22)(H,20,21). The smallest absolute Gasteiger partial charge is 0.317 e. The summed E-state index contributed by atoms with van der Waals surface area (Å²) in [5.41, 5.74) is 0. The molecule has 0 radical (unpaired) electrons. The lowest BCUT2D eigenvalue weighted by atomic mass is 9.97. The van der Waals surface area contributed by atoms with Gasteiger partial charge in [-0.15, -0.1) is 0 Å². The summed E-state index contributed by atoms with van der Waals surface area (Å²) in [6.45, 7) is 1.83. The highest BCUT2D eigenvalue weighted by molar-refractivity contribution is 5.75. The molecule has 126 valence electrons. The molecule has 23 heavy (non-hydrogen) atoms. The molecule has 0 spiro atoms. The fourth-order valence-corrected chi connectivity index (χ4v) is 2.43. The van der Waals surface area contributed by atoms with Gasteiger partial charge in [0.1, 0.15) is 11.6 Å². The van der Waals surface area contributed by atoms with Crippen molar-refractivity contribution in [3.63, 3.8) is 0 Å². The molecule has 2 rings (SSSR count). The minimum Gasteiger partial charge on any atom is -0.494 e. The van der Waals surface area contributed by atoms with Crippen LogP contribution in [0.15, 0.2) is 24.3 Å². The van der Waals surface area contributed by atoms with Crippen molar-refractivity contribution in [2.24, 2.45) is 5.92 Å². The summed E-state index contributed by atoms with van der Waals surface area (Å²) in [6.07, 6.45) is 1.63. The number of amides is 2. The highest BCUT2D eigenvalue weighted by Crippen LogP contribution is 2.17. The maximum absolute atomic E-state index is 12.7. The molecule has 0 aliphatic carbocycles. The number of urea groups is 1. The highest BCUT2D eigenvalue weighted by atomic mass is 19.1. The van der Waals surface area contributed by atoms with Crippen molar-refractivity contribution in [1.29, 1.82) is 0 Å². The van der Waals surface area contributed by atoms with Crippen LogP contribution in [0.5, 0.6) is 5.75 Å². The molecule has 1 fully saturated rings. The van der Waals surface area contributed by atoms with Crippen LogP contribution in [0.25, 0.3) is 0 Å². The molecule has 1 heterocycles. The Morgan fingerprint density at radius 1 is 1.26 bits per heavy atom. The summed E-state index contributed by atoms with van der Waals surface area (Å²) < 4.78 is 18.2. The predicted molar refractivity (Wildman–Crippen MR) is 81.8 cm³/mol. The molecule has 1 saturated heterocycles. The summed E-state index contributed by atoms with van der Waals surface area (Å²) >= 11 is 0. The summed E-state index contributed by atoms with van der Waals surface area (Å²) in [7, 11) is 0. The van der Waals surface area contributed by atoms with Crippen molar-refractivity contribution in [2.45, 2.75) is 19.3 Å². The molecule has 1 aliphatic rings. The van der Waals surface area contributed by atoms with Gasteiger partial charge in [0.05, 0.1) is 12.5 Å². The molecule has 0 unspecified atom stereocenters. The van der Waals surface area contributed by atoms with Gasteiger partial charge in [0, 0.05) is 19.6 Å². The van der Waals surface area contributed by atoms with Gasteiger partial charge in [-0.05, 0) is 43.5 Å². The normalized spacial score (nSPS) is 15.3. The Hall–Kier alpha value is -2.31. The molecule has 1 aromatic carbocycles. The zero-order valence-corrected chi connectivity index (χ0v) is 12.8. The Balaban J connectivity index is 1.58. The number of nitrogens with one attached hydrogen (secondary N) is 1. The number of carboxylic acids is 1. The Kier molecular flexibility index (Phi) is 6.19. The first-order valence-electron chi connectivity index (χ1n) is 7.70. The molecule has 2 amide bonds. The van der Waals surface area contributed by atoms with Crippen molar-refractivity contribution in [2.75, 3.05) is 26.2 Å². The first kappa shape index (κ1) is 17.1. The van der Waals surface area contributed by atoms with E-state index in [1.807, 2.05) is 0 Å². The largest absolute Gasteiger partial charge is 0.494 e. The van der Waals surface area contributed by atoms with Gasteiger partial charge < -0.3 is 20.1 Å². The Morgan fingerprint density at radius 3 is 2.52 bits per heavy atom. The summed E-state index contributed by atoms with van der Waals surface area (Å²) in [4.78, 5) is 24.4. The maximum atomic E-state index is 12.7. The lowest BCUT2D eigenvalue weighted by Crippen LogP contribution is -2.45. The number of hydrogen-bond acceptors (Lipinski definition) is 3. The summed E-state index contributed by atoms with van der Waals surface area (Å²) in [5, 5.41) is 11.7. The molecule has 1 aliphatic heterocycles. The molecule has 0 atom stereocenters. The van der Waals surface area contributed by atoms with E-state index in [1.54, 1.807) is 17.0 Å². The fourth-order valence-electron chi connectivity index (χ4n) is 2.43. The van der Waals surface area contributed by atoms with E-state index in [-0.39, 0.29) is 17.8 Å². The average molecular weight is 324 g/mol. The fraction of sp³-hybridized carbons (Fsp3) is 0.500. The maximum Gasteiger partial charge on any atom is 0.317 e. The van der Waals surface area contributed by atoms with Gasteiger partial charge in [0.15, 0.2) is 0 Å². The number of carboxylic acid groups (broad SMARTS) is 1. The van der Waals surface area contributed by atoms with Crippen molar-refractivity contribution < 1.29 is 23.8 Å². The number of carbonyl (C=O) groups is 2. The lowest BCUT2D eigenvalue weighted by Gasteiger charge is -2.30. The number of ether oxygens (including phenoxy) is 1. The van der Waals surface area contributed by atoms with Gasteiger partial charge in [0.2, 0.25) is 0 Å². The third-order valence-electron chi connectivity index (χ3n) is 3.81. The second kappa shape index (κ2) is 8.36. The third-order valence-corrected chi connectivity index (χ3v) is 3.81. The second-order valence-electron chi connectivity index (χ2n) is 5.49.